The molecule has 0 unspecified atom stereocenters. The molecule has 4 aromatic rings. The van der Waals surface area contributed by atoms with Crippen molar-refractivity contribution in [3.8, 4) is 0 Å². The number of carbonyl (C=O) groups is 1. The first-order valence-corrected chi connectivity index (χ1v) is 11.2. The lowest BCUT2D eigenvalue weighted by Crippen LogP contribution is -2.29. The van der Waals surface area contributed by atoms with Crippen LogP contribution in [0.2, 0.25) is 0 Å². The number of aromatic nitrogens is 5. The Morgan fingerprint density at radius 2 is 1.90 bits per heavy atom. The van der Waals surface area contributed by atoms with Gasteiger partial charge in [-0.05, 0) is 24.0 Å². The molecule has 5 rings (SSSR count). The Bertz CT molecular complexity index is 1260. The quantitative estimate of drug-likeness (QED) is 0.379. The Labute approximate surface area is 179 Å². The van der Waals surface area contributed by atoms with Gasteiger partial charge in [0.2, 0.25) is 5.91 Å². The number of fused-ring (bicyclic) bond motifs is 2. The first-order valence-electron chi connectivity index (χ1n) is 9.31. The van der Waals surface area contributed by atoms with Crippen LogP contribution in [-0.2, 0) is 17.6 Å². The van der Waals surface area contributed by atoms with Gasteiger partial charge in [-0.25, -0.2) is 19.9 Å². The van der Waals surface area contributed by atoms with E-state index in [1.807, 2.05) is 12.1 Å². The van der Waals surface area contributed by atoms with Gasteiger partial charge in [0.25, 0.3) is 5.56 Å². The summed E-state index contributed by atoms with van der Waals surface area (Å²) in [7, 11) is 0. The minimum atomic E-state index is -0.228. The van der Waals surface area contributed by atoms with Crippen LogP contribution in [0.3, 0.4) is 0 Å². The zero-order chi connectivity index (χ0) is 20.5. The maximum atomic E-state index is 13.3. The molecule has 0 aliphatic heterocycles. The summed E-state index contributed by atoms with van der Waals surface area (Å²) in [6, 6.07) is 8.11. The topological polar surface area (TPSA) is 103 Å². The molecule has 0 atom stereocenters. The van der Waals surface area contributed by atoms with Crippen LogP contribution in [-0.4, -0.2) is 36.2 Å². The van der Waals surface area contributed by atoms with Gasteiger partial charge in [0.15, 0.2) is 21.5 Å². The van der Waals surface area contributed by atoms with Crippen LogP contribution in [0.1, 0.15) is 17.2 Å². The number of hydrogen-bond acceptors (Lipinski definition) is 8. The van der Waals surface area contributed by atoms with E-state index in [1.54, 1.807) is 16.1 Å². The predicted molar refractivity (Wildman–Crippen MR) is 116 cm³/mol. The molecule has 1 N–H and O–H groups in total. The van der Waals surface area contributed by atoms with E-state index in [4.69, 9.17) is 0 Å². The molecule has 3 aromatic heterocycles. The van der Waals surface area contributed by atoms with E-state index >= 15 is 0 Å². The number of benzene rings is 1. The molecular formula is C20H16N6O2S2. The molecule has 0 saturated carbocycles. The lowest BCUT2D eigenvalue weighted by atomic mass is 10.1. The van der Waals surface area contributed by atoms with E-state index in [-0.39, 0.29) is 34.4 Å². The van der Waals surface area contributed by atoms with Crippen molar-refractivity contribution < 1.29 is 4.79 Å². The first-order chi connectivity index (χ1) is 14.7. The standard InChI is InChI=1S/C20H16N6O2S2/c27-15(24-19-23-7-8-29-19)11-30-20-25-17-16(21-5-6-22-17)18(28)26(20)14-9-12-3-1-2-4-13(12)10-14/h1-8,14H,9-11H2,(H,23,24,27). The summed E-state index contributed by atoms with van der Waals surface area (Å²) in [5, 5.41) is 5.56. The molecule has 1 aromatic carbocycles. The largest absolute Gasteiger partial charge is 0.301 e. The third-order valence-electron chi connectivity index (χ3n) is 4.91. The van der Waals surface area contributed by atoms with Crippen molar-refractivity contribution in [3.63, 3.8) is 0 Å². The van der Waals surface area contributed by atoms with Crippen molar-refractivity contribution in [2.24, 2.45) is 0 Å². The normalized spacial score (nSPS) is 13.5. The number of rotatable bonds is 5. The van der Waals surface area contributed by atoms with Gasteiger partial charge in [0.1, 0.15) is 0 Å². The number of thiazole rings is 1. The van der Waals surface area contributed by atoms with Gasteiger partial charge in [0.05, 0.1) is 5.75 Å². The van der Waals surface area contributed by atoms with Crippen molar-refractivity contribution >= 4 is 45.3 Å². The average molecular weight is 437 g/mol. The number of nitrogens with zero attached hydrogens (tertiary/aromatic N) is 5. The highest BCUT2D eigenvalue weighted by Crippen LogP contribution is 2.32. The minimum absolute atomic E-state index is 0.0710. The average Bonchev–Trinajstić information content (AvgIpc) is 3.41. The number of amides is 1. The van der Waals surface area contributed by atoms with Gasteiger partial charge < -0.3 is 5.32 Å². The molecule has 30 heavy (non-hydrogen) atoms. The van der Waals surface area contributed by atoms with Gasteiger partial charge in [0, 0.05) is 30.0 Å². The molecule has 0 saturated heterocycles. The van der Waals surface area contributed by atoms with Gasteiger partial charge in [-0.1, -0.05) is 36.0 Å². The number of nitrogens with one attached hydrogen (secondary N) is 1. The molecular weight excluding hydrogens is 420 g/mol. The SMILES string of the molecule is O=C(CSc1nc2nccnc2c(=O)n1C1Cc2ccccc2C1)Nc1nccs1. The Balaban J connectivity index is 1.48. The molecule has 0 fully saturated rings. The molecule has 3 heterocycles. The number of carbonyl (C=O) groups excluding carboxylic acids is 1. The molecule has 150 valence electrons. The molecule has 1 amide bonds. The van der Waals surface area contributed by atoms with E-state index in [1.165, 1.54) is 46.6 Å². The van der Waals surface area contributed by atoms with Crippen molar-refractivity contribution in [2.75, 3.05) is 11.1 Å². The van der Waals surface area contributed by atoms with E-state index in [2.05, 4.69) is 37.4 Å². The summed E-state index contributed by atoms with van der Waals surface area (Å²) < 4.78 is 1.68. The fourth-order valence-corrected chi connectivity index (χ4v) is 5.02. The maximum absolute atomic E-state index is 13.3. The van der Waals surface area contributed by atoms with E-state index in [0.29, 0.717) is 10.3 Å². The lowest BCUT2D eigenvalue weighted by molar-refractivity contribution is -0.113. The van der Waals surface area contributed by atoms with E-state index < -0.39 is 0 Å². The van der Waals surface area contributed by atoms with Crippen molar-refractivity contribution in [1.82, 2.24) is 24.5 Å². The monoisotopic (exact) mass is 436 g/mol. The number of hydrogen-bond donors (Lipinski definition) is 1. The molecule has 1 aliphatic rings. The van der Waals surface area contributed by atoms with Crippen molar-refractivity contribution in [3.05, 3.63) is 69.7 Å². The third-order valence-corrected chi connectivity index (χ3v) is 6.55. The number of anilines is 1. The maximum Gasteiger partial charge on any atom is 0.282 e. The zero-order valence-electron chi connectivity index (χ0n) is 15.7. The Hall–Kier alpha value is -3.11. The van der Waals surface area contributed by atoms with Crippen LogP contribution in [0.4, 0.5) is 5.13 Å². The summed E-state index contributed by atoms with van der Waals surface area (Å²) in [4.78, 5) is 42.6. The van der Waals surface area contributed by atoms with E-state index in [9.17, 15) is 9.59 Å². The minimum Gasteiger partial charge on any atom is -0.301 e. The van der Waals surface area contributed by atoms with Crippen LogP contribution < -0.4 is 10.9 Å². The molecule has 1 aliphatic carbocycles. The summed E-state index contributed by atoms with van der Waals surface area (Å²) in [6.07, 6.45) is 6.11. The first kappa shape index (κ1) is 18.9. The third kappa shape index (κ3) is 3.59. The second-order valence-electron chi connectivity index (χ2n) is 6.80. The fourth-order valence-electron chi connectivity index (χ4n) is 3.62. The highest BCUT2D eigenvalue weighted by molar-refractivity contribution is 7.99. The summed E-state index contributed by atoms with van der Waals surface area (Å²) in [6.45, 7) is 0. The zero-order valence-corrected chi connectivity index (χ0v) is 17.3. The van der Waals surface area contributed by atoms with Gasteiger partial charge >= 0.3 is 0 Å². The second kappa shape index (κ2) is 7.96. The molecule has 0 spiro atoms. The Kier molecular flexibility index (Phi) is 5.01. The molecule has 0 bridgehead atoms. The predicted octanol–water partition coefficient (Wildman–Crippen LogP) is 2.71. The molecule has 0 radical (unpaired) electrons. The van der Waals surface area contributed by atoms with Gasteiger partial charge in [-0.15, -0.1) is 11.3 Å². The van der Waals surface area contributed by atoms with Crippen molar-refractivity contribution in [1.29, 1.82) is 0 Å². The van der Waals surface area contributed by atoms with Crippen molar-refractivity contribution in [2.45, 2.75) is 24.0 Å². The fraction of sp³-hybridized carbons (Fsp3) is 0.200. The summed E-state index contributed by atoms with van der Waals surface area (Å²) >= 11 is 2.57. The molecule has 10 heteroatoms. The van der Waals surface area contributed by atoms with Crippen LogP contribution in [0.5, 0.6) is 0 Å². The lowest BCUT2D eigenvalue weighted by Gasteiger charge is -2.18. The highest BCUT2D eigenvalue weighted by atomic mass is 32.2. The van der Waals surface area contributed by atoms with Crippen LogP contribution >= 0.6 is 23.1 Å². The van der Waals surface area contributed by atoms with Gasteiger partial charge in [-0.2, -0.15) is 0 Å². The second-order valence-corrected chi connectivity index (χ2v) is 8.64. The highest BCUT2D eigenvalue weighted by Gasteiger charge is 2.27. The van der Waals surface area contributed by atoms with E-state index in [0.717, 1.165) is 12.8 Å². The molecule has 8 nitrogen and oxygen atoms in total. The van der Waals surface area contributed by atoms with Crippen LogP contribution in [0.25, 0.3) is 11.2 Å². The summed E-state index contributed by atoms with van der Waals surface area (Å²) in [5.74, 6) is -0.0954. The Morgan fingerprint density at radius 3 is 2.63 bits per heavy atom. The smallest absolute Gasteiger partial charge is 0.282 e. The van der Waals surface area contributed by atoms with Gasteiger partial charge in [-0.3, -0.25) is 14.2 Å². The van der Waals surface area contributed by atoms with Crippen LogP contribution in [0, 0.1) is 0 Å². The Morgan fingerprint density at radius 1 is 1.13 bits per heavy atom. The summed E-state index contributed by atoms with van der Waals surface area (Å²) in [5.41, 5.74) is 2.76. The number of thioether (sulfide) groups is 1. The van der Waals surface area contributed by atoms with Crippen LogP contribution in [0.15, 0.2) is 58.2 Å².